The molecule has 0 aliphatic carbocycles. The van der Waals surface area contributed by atoms with Gasteiger partial charge in [-0.2, -0.15) is 8.42 Å². The van der Waals surface area contributed by atoms with Crippen LogP contribution in [0.1, 0.15) is 5.56 Å². The predicted molar refractivity (Wildman–Crippen MR) is 49.7 cm³/mol. The molecule has 1 N–H and O–H groups in total. The van der Waals surface area contributed by atoms with Gasteiger partial charge in [-0.1, -0.05) is 21.9 Å². The maximum Gasteiger partial charge on any atom is 0.396 e. The molecule has 0 fully saturated rings. The molecule has 0 heterocycles. The van der Waals surface area contributed by atoms with Crippen molar-refractivity contribution in [1.82, 2.24) is 4.24 Å². The smallest absolute Gasteiger partial charge is 0.370 e. The molecule has 0 radical (unpaired) electrons. The van der Waals surface area contributed by atoms with E-state index in [1.54, 1.807) is 24.3 Å². The molecular weight excluding hydrogens is 214 g/mol. The van der Waals surface area contributed by atoms with Crippen LogP contribution in [0.3, 0.4) is 0 Å². The third kappa shape index (κ3) is 3.22. The minimum Gasteiger partial charge on any atom is -0.370 e. The highest BCUT2D eigenvalue weighted by Crippen LogP contribution is 2.13. The van der Waals surface area contributed by atoms with Crippen molar-refractivity contribution in [2.45, 2.75) is 6.92 Å². The monoisotopic (exact) mass is 221 g/mol. The highest BCUT2D eigenvalue weighted by Gasteiger charge is 2.09. The first-order valence-corrected chi connectivity index (χ1v) is 5.20. The Morgan fingerprint density at radius 2 is 1.85 bits per heavy atom. The van der Waals surface area contributed by atoms with Gasteiger partial charge in [0, 0.05) is 0 Å². The lowest BCUT2D eigenvalue weighted by atomic mass is 10.2. The topological polar surface area (TPSA) is 55.4 Å². The molecular formula is C7H8ClNO3S. The van der Waals surface area contributed by atoms with Crippen LogP contribution in [0.25, 0.3) is 0 Å². The second kappa shape index (κ2) is 3.95. The molecule has 0 aliphatic rings. The van der Waals surface area contributed by atoms with Crippen molar-refractivity contribution in [2.75, 3.05) is 0 Å². The summed E-state index contributed by atoms with van der Waals surface area (Å²) >= 11 is 4.91. The van der Waals surface area contributed by atoms with E-state index in [4.69, 9.17) is 11.8 Å². The van der Waals surface area contributed by atoms with Crippen LogP contribution < -0.4 is 8.42 Å². The van der Waals surface area contributed by atoms with E-state index in [0.29, 0.717) is 0 Å². The number of hydrogen-bond donors (Lipinski definition) is 1. The number of nitrogens with one attached hydrogen (secondary N) is 1. The van der Waals surface area contributed by atoms with Gasteiger partial charge in [0.05, 0.1) is 0 Å². The van der Waals surface area contributed by atoms with Gasteiger partial charge in [-0.3, -0.25) is 0 Å². The van der Waals surface area contributed by atoms with Crippen molar-refractivity contribution >= 4 is 22.1 Å². The van der Waals surface area contributed by atoms with E-state index in [1.807, 2.05) is 6.92 Å². The maximum absolute atomic E-state index is 10.8. The predicted octanol–water partition coefficient (Wildman–Crippen LogP) is 1.36. The molecule has 1 rings (SSSR count). The SMILES string of the molecule is Cc1ccc(OS(=O)(=O)NCl)cc1. The van der Waals surface area contributed by atoms with Crippen LogP contribution in [0.2, 0.25) is 0 Å². The molecule has 0 spiro atoms. The largest absolute Gasteiger partial charge is 0.396 e. The van der Waals surface area contributed by atoms with Crippen molar-refractivity contribution < 1.29 is 12.6 Å². The Labute approximate surface area is 81.8 Å². The molecule has 0 aliphatic heterocycles. The fourth-order valence-corrected chi connectivity index (χ4v) is 1.23. The van der Waals surface area contributed by atoms with Crippen LogP contribution in [0.4, 0.5) is 0 Å². The Kier molecular flexibility index (Phi) is 3.13. The molecule has 6 heteroatoms. The molecule has 1 aromatic carbocycles. The zero-order valence-electron chi connectivity index (χ0n) is 6.82. The van der Waals surface area contributed by atoms with Crippen molar-refractivity contribution in [1.29, 1.82) is 0 Å². The van der Waals surface area contributed by atoms with Gasteiger partial charge in [-0.15, -0.1) is 0 Å². The molecule has 0 bridgehead atoms. The number of aryl methyl sites for hydroxylation is 1. The van der Waals surface area contributed by atoms with Crippen molar-refractivity contribution in [3.05, 3.63) is 29.8 Å². The lowest BCUT2D eigenvalue weighted by molar-refractivity contribution is 0.483. The van der Waals surface area contributed by atoms with E-state index in [1.165, 1.54) is 4.24 Å². The van der Waals surface area contributed by atoms with E-state index in [-0.39, 0.29) is 5.75 Å². The minimum atomic E-state index is -3.87. The third-order valence-corrected chi connectivity index (χ3v) is 2.49. The molecule has 1 aromatic rings. The first-order chi connectivity index (χ1) is 6.03. The third-order valence-electron chi connectivity index (χ3n) is 1.32. The van der Waals surface area contributed by atoms with Gasteiger partial charge in [0.2, 0.25) is 0 Å². The van der Waals surface area contributed by atoms with Crippen molar-refractivity contribution in [2.24, 2.45) is 0 Å². The van der Waals surface area contributed by atoms with Crippen LogP contribution in [-0.2, 0) is 10.3 Å². The highest BCUT2D eigenvalue weighted by atomic mass is 35.5. The number of halogens is 1. The fraction of sp³-hybridized carbons (Fsp3) is 0.143. The Morgan fingerprint density at radius 3 is 2.31 bits per heavy atom. The Morgan fingerprint density at radius 1 is 1.31 bits per heavy atom. The zero-order chi connectivity index (χ0) is 9.90. The summed E-state index contributed by atoms with van der Waals surface area (Å²) in [4.78, 5) is 0. The summed E-state index contributed by atoms with van der Waals surface area (Å²) in [6, 6.07) is 6.56. The molecule has 72 valence electrons. The van der Waals surface area contributed by atoms with E-state index in [0.717, 1.165) is 5.56 Å². The Bertz CT molecular complexity index is 373. The second-order valence-corrected chi connectivity index (χ2v) is 4.12. The maximum atomic E-state index is 10.8. The summed E-state index contributed by atoms with van der Waals surface area (Å²) in [7, 11) is -3.87. The Hall–Kier alpha value is -0.780. The lowest BCUT2D eigenvalue weighted by Crippen LogP contribution is -2.19. The average molecular weight is 222 g/mol. The molecule has 0 unspecified atom stereocenters. The molecule has 13 heavy (non-hydrogen) atoms. The van der Waals surface area contributed by atoms with Crippen LogP contribution in [-0.4, -0.2) is 8.42 Å². The van der Waals surface area contributed by atoms with Gasteiger partial charge in [0.15, 0.2) is 0 Å². The summed E-state index contributed by atoms with van der Waals surface area (Å²) in [5.41, 5.74) is 1.02. The van der Waals surface area contributed by atoms with Crippen LogP contribution >= 0.6 is 11.8 Å². The van der Waals surface area contributed by atoms with Gasteiger partial charge in [-0.05, 0) is 30.8 Å². The van der Waals surface area contributed by atoms with Crippen LogP contribution in [0.5, 0.6) is 5.75 Å². The molecule has 0 saturated heterocycles. The summed E-state index contributed by atoms with van der Waals surface area (Å²) in [5.74, 6) is 0.221. The van der Waals surface area contributed by atoms with Crippen LogP contribution in [0, 0.1) is 6.92 Å². The van der Waals surface area contributed by atoms with Gasteiger partial charge in [0.25, 0.3) is 0 Å². The summed E-state index contributed by atoms with van der Waals surface area (Å²) in [5, 5.41) is 0. The Balaban J connectivity index is 2.82. The quantitative estimate of drug-likeness (QED) is 0.785. The molecule has 4 nitrogen and oxygen atoms in total. The highest BCUT2D eigenvalue weighted by molar-refractivity contribution is 7.86. The number of rotatable bonds is 3. The molecule has 0 aromatic heterocycles. The van der Waals surface area contributed by atoms with Crippen LogP contribution in [0.15, 0.2) is 24.3 Å². The van der Waals surface area contributed by atoms with E-state index >= 15 is 0 Å². The van der Waals surface area contributed by atoms with Crippen molar-refractivity contribution in [3.63, 3.8) is 0 Å². The second-order valence-electron chi connectivity index (χ2n) is 2.43. The minimum absolute atomic E-state index is 0.221. The normalized spacial score (nSPS) is 11.2. The summed E-state index contributed by atoms with van der Waals surface area (Å²) in [6.45, 7) is 1.89. The first kappa shape index (κ1) is 10.3. The number of benzene rings is 1. The average Bonchev–Trinajstić information content (AvgIpc) is 2.09. The molecule has 0 saturated carbocycles. The fourth-order valence-electron chi connectivity index (χ4n) is 0.736. The van der Waals surface area contributed by atoms with E-state index in [9.17, 15) is 8.42 Å². The summed E-state index contributed by atoms with van der Waals surface area (Å²) < 4.78 is 27.6. The molecule has 0 amide bonds. The standard InChI is InChI=1S/C7H8ClNO3S/c1-6-2-4-7(5-3-6)12-13(10,11)9-8/h2-5,9H,1H3. The zero-order valence-corrected chi connectivity index (χ0v) is 8.39. The van der Waals surface area contributed by atoms with Gasteiger partial charge in [-0.25, -0.2) is 0 Å². The molecule has 0 atom stereocenters. The van der Waals surface area contributed by atoms with Gasteiger partial charge >= 0.3 is 10.3 Å². The van der Waals surface area contributed by atoms with Gasteiger partial charge < -0.3 is 4.18 Å². The number of hydrogen-bond acceptors (Lipinski definition) is 3. The first-order valence-electron chi connectivity index (χ1n) is 3.42. The van der Waals surface area contributed by atoms with E-state index in [2.05, 4.69) is 4.18 Å². The van der Waals surface area contributed by atoms with Gasteiger partial charge in [0.1, 0.15) is 5.75 Å². The van der Waals surface area contributed by atoms with E-state index < -0.39 is 10.3 Å². The lowest BCUT2D eigenvalue weighted by Gasteiger charge is -2.03. The summed E-state index contributed by atoms with van der Waals surface area (Å²) in [6.07, 6.45) is 0. The van der Waals surface area contributed by atoms with Crippen molar-refractivity contribution in [3.8, 4) is 5.75 Å².